The van der Waals surface area contributed by atoms with Crippen molar-refractivity contribution in [2.45, 2.75) is 147 Å². The average Bonchev–Trinajstić information content (AvgIpc) is 3.42. The van der Waals surface area contributed by atoms with Gasteiger partial charge < -0.3 is 33.5 Å². The van der Waals surface area contributed by atoms with Gasteiger partial charge in [0, 0.05) is 38.0 Å². The summed E-state index contributed by atoms with van der Waals surface area (Å²) < 4.78 is 36.3. The highest BCUT2D eigenvalue weighted by Crippen LogP contribution is 2.67. The van der Waals surface area contributed by atoms with E-state index in [9.17, 15) is 29.1 Å². The molecule has 44 heavy (non-hydrogen) atoms. The summed E-state index contributed by atoms with van der Waals surface area (Å²) in [6.07, 6.45) is -0.693. The van der Waals surface area contributed by atoms with Gasteiger partial charge in [0.1, 0.15) is 23.9 Å². The monoisotopic (exact) mass is 620 g/mol. The van der Waals surface area contributed by atoms with E-state index in [1.807, 2.05) is 0 Å². The molecule has 5 aliphatic rings. The standard InChI is InChI=1S/C32H44O12/c1-8-9-10-11-12-13-22(36)43-23-16(2)14-21-32(31(7,44-32)28(37)42-21)27(40-18(4)34)25-29(5)20(15-19(35)30(25,6)38)41-24(23)26(29)39-17(3)33/h14,20-21,23-27,38H,8-13,15H2,1-7H3/b16-14-/t20-,21+,23+,24+,25+,26-,27-,29-,30+,31-,32-/m0/s1. The summed E-state index contributed by atoms with van der Waals surface area (Å²) in [4.78, 5) is 65.3. The Morgan fingerprint density at radius 1 is 0.977 bits per heavy atom. The van der Waals surface area contributed by atoms with Crippen LogP contribution in [0.1, 0.15) is 93.4 Å². The van der Waals surface area contributed by atoms with Gasteiger partial charge in [-0.05, 0) is 38.8 Å². The molecule has 0 aromatic rings. The summed E-state index contributed by atoms with van der Waals surface area (Å²) in [6, 6.07) is 0. The van der Waals surface area contributed by atoms with Gasteiger partial charge in [0.2, 0.25) is 0 Å². The number of carbonyl (C=O) groups excluding carboxylic acids is 5. The van der Waals surface area contributed by atoms with E-state index in [1.165, 1.54) is 27.7 Å². The lowest BCUT2D eigenvalue weighted by molar-refractivity contribution is -0.214. The number of fused-ring (bicyclic) bond motifs is 1. The molecule has 0 aromatic carbocycles. The van der Waals surface area contributed by atoms with Crippen molar-refractivity contribution >= 4 is 29.7 Å². The molecule has 12 heteroatoms. The first-order valence-electron chi connectivity index (χ1n) is 15.6. The number of Topliss-reactive ketones (excluding diaryl/α,β-unsaturated/α-hetero) is 1. The van der Waals surface area contributed by atoms with Crippen LogP contribution in [0, 0.1) is 11.3 Å². The number of hydrogen-bond acceptors (Lipinski definition) is 12. The molecule has 1 saturated carbocycles. The van der Waals surface area contributed by atoms with Crippen LogP contribution in [0.15, 0.2) is 11.6 Å². The van der Waals surface area contributed by atoms with E-state index >= 15 is 0 Å². The molecule has 12 nitrogen and oxygen atoms in total. The number of aliphatic hydroxyl groups is 1. The van der Waals surface area contributed by atoms with E-state index in [4.69, 9.17) is 28.4 Å². The number of epoxide rings is 1. The van der Waals surface area contributed by atoms with Crippen molar-refractivity contribution in [2.75, 3.05) is 0 Å². The number of hydrogen-bond donors (Lipinski definition) is 1. The van der Waals surface area contributed by atoms with E-state index < -0.39 is 94.4 Å². The minimum Gasteiger partial charge on any atom is -0.459 e. The first-order valence-corrected chi connectivity index (χ1v) is 15.6. The van der Waals surface area contributed by atoms with Gasteiger partial charge in [0.15, 0.2) is 29.2 Å². The second kappa shape index (κ2) is 11.2. The van der Waals surface area contributed by atoms with E-state index in [1.54, 1.807) is 19.9 Å². The molecular formula is C32H44O12. The number of unbranched alkanes of at least 4 members (excludes halogenated alkanes) is 4. The highest BCUT2D eigenvalue weighted by molar-refractivity contribution is 5.91. The van der Waals surface area contributed by atoms with Gasteiger partial charge in [-0.3, -0.25) is 19.2 Å². The molecule has 244 valence electrons. The Balaban J connectivity index is 1.67. The van der Waals surface area contributed by atoms with Crippen molar-refractivity contribution < 1.29 is 57.5 Å². The van der Waals surface area contributed by atoms with Crippen molar-refractivity contribution in [2.24, 2.45) is 11.3 Å². The van der Waals surface area contributed by atoms with Crippen LogP contribution in [0.25, 0.3) is 0 Å². The van der Waals surface area contributed by atoms with Crippen LogP contribution in [-0.4, -0.2) is 88.2 Å². The van der Waals surface area contributed by atoms with Crippen LogP contribution in [0.2, 0.25) is 0 Å². The van der Waals surface area contributed by atoms with Crippen molar-refractivity contribution in [3.05, 3.63) is 11.6 Å². The molecule has 11 atom stereocenters. The Bertz CT molecular complexity index is 1270. The molecule has 0 amide bonds. The number of rotatable bonds is 9. The van der Waals surface area contributed by atoms with Crippen LogP contribution in [0.3, 0.4) is 0 Å². The maximum Gasteiger partial charge on any atom is 0.342 e. The third kappa shape index (κ3) is 4.79. The number of ether oxygens (including phenoxy) is 6. The summed E-state index contributed by atoms with van der Waals surface area (Å²) in [5, 5.41) is 12.0. The van der Waals surface area contributed by atoms with E-state index in [0.717, 1.165) is 25.7 Å². The van der Waals surface area contributed by atoms with Gasteiger partial charge in [0.05, 0.1) is 6.10 Å². The third-order valence-corrected chi connectivity index (χ3v) is 10.5. The summed E-state index contributed by atoms with van der Waals surface area (Å²) in [7, 11) is 0. The van der Waals surface area contributed by atoms with Crippen molar-refractivity contribution in [3.8, 4) is 0 Å². The molecule has 3 heterocycles. The van der Waals surface area contributed by atoms with Crippen molar-refractivity contribution in [3.63, 3.8) is 0 Å². The van der Waals surface area contributed by atoms with E-state index in [-0.39, 0.29) is 12.8 Å². The molecule has 2 aliphatic carbocycles. The number of carbonyl (C=O) groups is 5. The fourth-order valence-electron chi connectivity index (χ4n) is 8.18. The van der Waals surface area contributed by atoms with Crippen LogP contribution >= 0.6 is 0 Å². The zero-order valence-corrected chi connectivity index (χ0v) is 26.5. The molecule has 1 spiro atoms. The Kier molecular flexibility index (Phi) is 8.29. The first kappa shape index (κ1) is 32.6. The predicted molar refractivity (Wildman–Crippen MR) is 151 cm³/mol. The summed E-state index contributed by atoms with van der Waals surface area (Å²) in [5.74, 6) is -4.46. The van der Waals surface area contributed by atoms with E-state index in [2.05, 4.69) is 6.92 Å². The summed E-state index contributed by atoms with van der Waals surface area (Å²) >= 11 is 0. The van der Waals surface area contributed by atoms with Gasteiger partial charge in [-0.2, -0.15) is 0 Å². The molecular weight excluding hydrogens is 576 g/mol. The fraction of sp³-hybridized carbons (Fsp3) is 0.781. The molecule has 4 fully saturated rings. The maximum absolute atomic E-state index is 13.6. The van der Waals surface area contributed by atoms with Crippen molar-refractivity contribution in [1.82, 2.24) is 0 Å². The largest absolute Gasteiger partial charge is 0.459 e. The third-order valence-electron chi connectivity index (χ3n) is 10.5. The average molecular weight is 621 g/mol. The molecule has 2 bridgehead atoms. The fourth-order valence-corrected chi connectivity index (χ4v) is 8.18. The molecule has 0 aromatic heterocycles. The molecule has 3 aliphatic heterocycles. The zero-order chi connectivity index (χ0) is 32.4. The van der Waals surface area contributed by atoms with Gasteiger partial charge in [0.25, 0.3) is 0 Å². The second-order valence-corrected chi connectivity index (χ2v) is 13.5. The normalized spacial score (nSPS) is 44.8. The Morgan fingerprint density at radius 2 is 1.61 bits per heavy atom. The lowest BCUT2D eigenvalue weighted by Crippen LogP contribution is -2.69. The Labute approximate surface area is 257 Å². The van der Waals surface area contributed by atoms with Gasteiger partial charge in [-0.15, -0.1) is 0 Å². The van der Waals surface area contributed by atoms with Crippen LogP contribution in [0.4, 0.5) is 0 Å². The summed E-state index contributed by atoms with van der Waals surface area (Å²) in [6.45, 7) is 10.7. The first-order chi connectivity index (χ1) is 20.5. The van der Waals surface area contributed by atoms with Gasteiger partial charge >= 0.3 is 23.9 Å². The minimum absolute atomic E-state index is 0.160. The van der Waals surface area contributed by atoms with E-state index in [0.29, 0.717) is 12.0 Å². The van der Waals surface area contributed by atoms with Gasteiger partial charge in [-0.1, -0.05) is 39.5 Å². The lowest BCUT2D eigenvalue weighted by atomic mass is 9.53. The van der Waals surface area contributed by atoms with Crippen LogP contribution < -0.4 is 0 Å². The molecule has 5 rings (SSSR count). The van der Waals surface area contributed by atoms with Crippen LogP contribution in [-0.2, 0) is 52.4 Å². The number of ketones is 1. The highest BCUT2D eigenvalue weighted by atomic mass is 16.7. The SMILES string of the molecule is CCCCCCCC(=O)O[C@@H]1/C(C)=C\[C@H]2OC(=O)[C@]3(C)O[C@]23[C@@H](OC(C)=O)[C@@H]2[C@]3(C)[C@H](CC(=O)[C@@]2(C)O)O[C@H]1[C@@H]3OC(C)=O. The Morgan fingerprint density at radius 3 is 2.23 bits per heavy atom. The maximum atomic E-state index is 13.6. The van der Waals surface area contributed by atoms with Crippen molar-refractivity contribution in [1.29, 1.82) is 0 Å². The minimum atomic E-state index is -2.14. The topological polar surface area (TPSA) is 164 Å². The molecule has 0 unspecified atom stereocenters. The smallest absolute Gasteiger partial charge is 0.342 e. The Hall–Kier alpha value is -2.83. The number of esters is 4. The molecule has 0 radical (unpaired) electrons. The lowest BCUT2D eigenvalue weighted by Gasteiger charge is -2.54. The quantitative estimate of drug-likeness (QED) is 0.132. The highest BCUT2D eigenvalue weighted by Gasteiger charge is 2.89. The predicted octanol–water partition coefficient (Wildman–Crippen LogP) is 2.65. The van der Waals surface area contributed by atoms with Gasteiger partial charge in [-0.25, -0.2) is 4.79 Å². The second-order valence-electron chi connectivity index (χ2n) is 13.5. The zero-order valence-electron chi connectivity index (χ0n) is 26.5. The van der Waals surface area contributed by atoms with Crippen LogP contribution in [0.5, 0.6) is 0 Å². The molecule has 3 saturated heterocycles. The summed E-state index contributed by atoms with van der Waals surface area (Å²) in [5.41, 5.74) is -6.29. The molecule has 1 N–H and O–H groups in total.